The second-order valence-electron chi connectivity index (χ2n) is 8.75. The molecule has 0 aliphatic carbocycles. The summed E-state index contributed by atoms with van der Waals surface area (Å²) in [6, 6.07) is 0.702. The van der Waals surface area contributed by atoms with Crippen LogP contribution >= 0.6 is 24.0 Å². The van der Waals surface area contributed by atoms with Crippen molar-refractivity contribution >= 4 is 36.0 Å². The van der Waals surface area contributed by atoms with Gasteiger partial charge in [0.05, 0.1) is 18.8 Å². The normalized spacial score (nSPS) is 28.5. The van der Waals surface area contributed by atoms with Crippen molar-refractivity contribution in [3.05, 3.63) is 0 Å². The van der Waals surface area contributed by atoms with Gasteiger partial charge in [-0.1, -0.05) is 0 Å². The third-order valence-corrected chi connectivity index (χ3v) is 5.37. The minimum absolute atomic E-state index is 0. The van der Waals surface area contributed by atoms with Crippen LogP contribution in [-0.4, -0.2) is 92.0 Å². The number of nitrogens with zero attached hydrogens (tertiary/aromatic N) is 3. The minimum Gasteiger partial charge on any atom is -0.444 e. The fraction of sp³-hybridized carbons (Fsp3) is 0.895. The molecule has 2 N–H and O–H groups in total. The van der Waals surface area contributed by atoms with Gasteiger partial charge in [0.25, 0.3) is 0 Å². The zero-order valence-electron chi connectivity index (χ0n) is 17.6. The van der Waals surface area contributed by atoms with Gasteiger partial charge in [-0.2, -0.15) is 0 Å². The van der Waals surface area contributed by atoms with Gasteiger partial charge < -0.3 is 25.0 Å². The highest BCUT2D eigenvalue weighted by molar-refractivity contribution is 14.0. The SMILES string of the molecule is CN=C(NCC1CN2CCCC2CO1)N1CCC(NC(=O)OC(C)(C)C)C1.I. The Morgan fingerprint density at radius 2 is 2.04 bits per heavy atom. The van der Waals surface area contributed by atoms with Crippen molar-refractivity contribution in [2.45, 2.75) is 63.8 Å². The van der Waals surface area contributed by atoms with Crippen LogP contribution in [0.5, 0.6) is 0 Å². The Bertz CT molecular complexity index is 554. The summed E-state index contributed by atoms with van der Waals surface area (Å²) < 4.78 is 11.4. The molecule has 9 heteroatoms. The van der Waals surface area contributed by atoms with Crippen molar-refractivity contribution in [2.24, 2.45) is 4.99 Å². The van der Waals surface area contributed by atoms with E-state index in [-0.39, 0.29) is 42.2 Å². The number of amides is 1. The molecule has 0 aromatic rings. The molecule has 0 saturated carbocycles. The number of hydrogen-bond acceptors (Lipinski definition) is 5. The summed E-state index contributed by atoms with van der Waals surface area (Å²) in [5, 5.41) is 6.41. The zero-order valence-corrected chi connectivity index (χ0v) is 19.9. The van der Waals surface area contributed by atoms with Gasteiger partial charge in [-0.3, -0.25) is 9.89 Å². The zero-order chi connectivity index (χ0) is 19.4. The molecule has 3 heterocycles. The Morgan fingerprint density at radius 1 is 1.25 bits per heavy atom. The number of morpholine rings is 1. The van der Waals surface area contributed by atoms with Crippen molar-refractivity contribution in [1.82, 2.24) is 20.4 Å². The van der Waals surface area contributed by atoms with Crippen LogP contribution in [0, 0.1) is 0 Å². The fourth-order valence-electron chi connectivity index (χ4n) is 4.09. The van der Waals surface area contributed by atoms with Gasteiger partial charge in [0.15, 0.2) is 5.96 Å². The molecule has 0 aromatic heterocycles. The predicted octanol–water partition coefficient (Wildman–Crippen LogP) is 1.64. The Kier molecular flexibility index (Phi) is 8.62. The lowest BCUT2D eigenvalue weighted by Crippen LogP contribution is -2.52. The number of rotatable bonds is 3. The van der Waals surface area contributed by atoms with Crippen molar-refractivity contribution in [2.75, 3.05) is 46.4 Å². The van der Waals surface area contributed by atoms with E-state index in [1.807, 2.05) is 20.8 Å². The van der Waals surface area contributed by atoms with Crippen molar-refractivity contribution < 1.29 is 14.3 Å². The van der Waals surface area contributed by atoms with Gasteiger partial charge in [0.2, 0.25) is 0 Å². The average molecular weight is 509 g/mol. The minimum atomic E-state index is -0.478. The van der Waals surface area contributed by atoms with Crippen LogP contribution in [0.25, 0.3) is 0 Å². The summed E-state index contributed by atoms with van der Waals surface area (Å²) in [5.74, 6) is 0.871. The van der Waals surface area contributed by atoms with Crippen LogP contribution < -0.4 is 10.6 Å². The maximum Gasteiger partial charge on any atom is 0.407 e. The summed E-state index contributed by atoms with van der Waals surface area (Å²) in [6.07, 6.45) is 3.29. The van der Waals surface area contributed by atoms with E-state index in [2.05, 4.69) is 25.4 Å². The molecule has 3 aliphatic heterocycles. The molecule has 3 fully saturated rings. The largest absolute Gasteiger partial charge is 0.444 e. The molecule has 3 rings (SSSR count). The van der Waals surface area contributed by atoms with Crippen LogP contribution in [0.2, 0.25) is 0 Å². The van der Waals surface area contributed by atoms with E-state index in [9.17, 15) is 4.79 Å². The molecule has 0 aromatic carbocycles. The van der Waals surface area contributed by atoms with Crippen LogP contribution in [-0.2, 0) is 9.47 Å². The third kappa shape index (κ3) is 6.62. The number of fused-ring (bicyclic) bond motifs is 1. The maximum atomic E-state index is 12.0. The first-order chi connectivity index (χ1) is 12.8. The van der Waals surface area contributed by atoms with Gasteiger partial charge >= 0.3 is 6.09 Å². The van der Waals surface area contributed by atoms with E-state index < -0.39 is 5.60 Å². The first-order valence-electron chi connectivity index (χ1n) is 10.1. The van der Waals surface area contributed by atoms with Gasteiger partial charge in [-0.05, 0) is 46.6 Å². The molecule has 0 radical (unpaired) electrons. The smallest absolute Gasteiger partial charge is 0.407 e. The first-order valence-corrected chi connectivity index (χ1v) is 10.1. The molecule has 0 bridgehead atoms. The molecular weight excluding hydrogens is 473 g/mol. The number of ether oxygens (including phenoxy) is 2. The second kappa shape index (κ2) is 10.3. The van der Waals surface area contributed by atoms with Crippen LogP contribution in [0.4, 0.5) is 4.79 Å². The number of hydrogen-bond donors (Lipinski definition) is 2. The topological polar surface area (TPSA) is 78.4 Å². The van der Waals surface area contributed by atoms with E-state index in [0.29, 0.717) is 6.04 Å². The highest BCUT2D eigenvalue weighted by atomic mass is 127. The molecule has 162 valence electrons. The number of carbonyl (C=O) groups excluding carboxylic acids is 1. The quantitative estimate of drug-likeness (QED) is 0.342. The van der Waals surface area contributed by atoms with Crippen molar-refractivity contribution in [3.63, 3.8) is 0 Å². The molecular formula is C19H36IN5O3. The number of likely N-dealkylation sites (tertiary alicyclic amines) is 1. The average Bonchev–Trinajstić information content (AvgIpc) is 3.22. The standard InChI is InChI=1S/C19H35N5O3.HI/c1-19(2,3)27-18(25)22-14-7-9-24(11-14)17(20-4)21-10-16-12-23-8-5-6-15(23)13-26-16;/h14-16H,5-13H2,1-4H3,(H,20,21)(H,22,25);1H. The highest BCUT2D eigenvalue weighted by Crippen LogP contribution is 2.22. The third-order valence-electron chi connectivity index (χ3n) is 5.37. The highest BCUT2D eigenvalue weighted by Gasteiger charge is 2.33. The van der Waals surface area contributed by atoms with E-state index >= 15 is 0 Å². The van der Waals surface area contributed by atoms with Gasteiger partial charge in [-0.25, -0.2) is 4.79 Å². The summed E-state index contributed by atoms with van der Waals surface area (Å²) in [4.78, 5) is 21.1. The molecule has 28 heavy (non-hydrogen) atoms. The second-order valence-corrected chi connectivity index (χ2v) is 8.75. The lowest BCUT2D eigenvalue weighted by atomic mass is 10.2. The van der Waals surface area contributed by atoms with Crippen molar-refractivity contribution in [1.29, 1.82) is 0 Å². The molecule has 8 nitrogen and oxygen atoms in total. The number of carbonyl (C=O) groups is 1. The summed E-state index contributed by atoms with van der Waals surface area (Å²) in [6.45, 7) is 11.0. The van der Waals surface area contributed by atoms with E-state index in [4.69, 9.17) is 9.47 Å². The lowest BCUT2D eigenvalue weighted by molar-refractivity contribution is -0.0454. The molecule has 3 atom stereocenters. The fourth-order valence-corrected chi connectivity index (χ4v) is 4.09. The van der Waals surface area contributed by atoms with E-state index in [1.165, 1.54) is 19.4 Å². The molecule has 3 aliphatic rings. The van der Waals surface area contributed by atoms with E-state index in [0.717, 1.165) is 45.2 Å². The summed E-state index contributed by atoms with van der Waals surface area (Å²) in [7, 11) is 1.80. The number of alkyl carbamates (subject to hydrolysis) is 1. The number of halogens is 1. The van der Waals surface area contributed by atoms with Crippen LogP contribution in [0.1, 0.15) is 40.0 Å². The van der Waals surface area contributed by atoms with Crippen LogP contribution in [0.3, 0.4) is 0 Å². The first kappa shape index (κ1) is 23.5. The molecule has 3 unspecified atom stereocenters. The Labute approximate surface area is 185 Å². The Morgan fingerprint density at radius 3 is 2.75 bits per heavy atom. The lowest BCUT2D eigenvalue weighted by Gasteiger charge is -2.35. The maximum absolute atomic E-state index is 12.0. The molecule has 3 saturated heterocycles. The van der Waals surface area contributed by atoms with Crippen molar-refractivity contribution in [3.8, 4) is 0 Å². The van der Waals surface area contributed by atoms with Gasteiger partial charge in [-0.15, -0.1) is 24.0 Å². The van der Waals surface area contributed by atoms with Gasteiger partial charge in [0, 0.05) is 39.3 Å². The monoisotopic (exact) mass is 509 g/mol. The Balaban J connectivity index is 0.00000280. The van der Waals surface area contributed by atoms with Crippen LogP contribution in [0.15, 0.2) is 4.99 Å². The molecule has 0 spiro atoms. The molecule has 1 amide bonds. The number of aliphatic imine (C=N–C) groups is 1. The Hall–Kier alpha value is -0.810. The number of guanidine groups is 1. The number of nitrogens with one attached hydrogen (secondary N) is 2. The predicted molar refractivity (Wildman–Crippen MR) is 120 cm³/mol. The van der Waals surface area contributed by atoms with E-state index in [1.54, 1.807) is 7.05 Å². The summed E-state index contributed by atoms with van der Waals surface area (Å²) >= 11 is 0. The summed E-state index contributed by atoms with van der Waals surface area (Å²) in [5.41, 5.74) is -0.478. The van der Waals surface area contributed by atoms with Gasteiger partial charge in [0.1, 0.15) is 5.60 Å².